The van der Waals surface area contributed by atoms with Gasteiger partial charge in [0.1, 0.15) is 18.1 Å². The Morgan fingerprint density at radius 1 is 1.19 bits per heavy atom. The maximum Gasteiger partial charge on any atom is 0.257 e. The molecule has 0 fully saturated rings. The Morgan fingerprint density at radius 2 is 2.00 bits per heavy atom. The second-order valence-corrected chi connectivity index (χ2v) is 6.30. The molecule has 0 unspecified atom stereocenters. The second-order valence-electron chi connectivity index (χ2n) is 5.35. The van der Waals surface area contributed by atoms with Crippen LogP contribution in [0.5, 0.6) is 11.5 Å². The molecule has 3 rings (SSSR count). The lowest BCUT2D eigenvalue weighted by molar-refractivity contribution is -0.121. The number of nitrogens with one attached hydrogen (secondary N) is 1. The molecule has 0 radical (unpaired) electrons. The van der Waals surface area contributed by atoms with E-state index < -0.39 is 0 Å². The maximum absolute atomic E-state index is 11.9. The van der Waals surface area contributed by atoms with E-state index in [-0.39, 0.29) is 12.3 Å². The molecule has 0 saturated carbocycles. The van der Waals surface area contributed by atoms with E-state index in [4.69, 9.17) is 13.9 Å². The van der Waals surface area contributed by atoms with Gasteiger partial charge in [0, 0.05) is 12.8 Å². The molecule has 0 aliphatic heterocycles. The third-order valence-electron chi connectivity index (χ3n) is 3.52. The average Bonchev–Trinajstić information content (AvgIpc) is 3.35. The van der Waals surface area contributed by atoms with Crippen molar-refractivity contribution in [2.45, 2.75) is 12.8 Å². The number of aromatic nitrogens is 2. The highest BCUT2D eigenvalue weighted by Crippen LogP contribution is 2.23. The summed E-state index contributed by atoms with van der Waals surface area (Å²) in [6.45, 7) is 0.816. The van der Waals surface area contributed by atoms with Crippen molar-refractivity contribution < 1.29 is 18.7 Å². The number of hydrogen-bond donors (Lipinski definition) is 1. The molecule has 0 aliphatic carbocycles. The van der Waals surface area contributed by atoms with E-state index in [1.54, 1.807) is 7.11 Å². The Bertz CT molecular complexity index is 815. The zero-order valence-corrected chi connectivity index (χ0v) is 15.1. The van der Waals surface area contributed by atoms with Crippen molar-refractivity contribution >= 4 is 17.2 Å². The summed E-state index contributed by atoms with van der Waals surface area (Å²) in [6.07, 6.45) is 0.693. The van der Waals surface area contributed by atoms with Gasteiger partial charge in [0.05, 0.1) is 18.5 Å². The van der Waals surface area contributed by atoms with Crippen LogP contribution in [0.3, 0.4) is 0 Å². The van der Waals surface area contributed by atoms with Crippen LogP contribution in [0, 0.1) is 0 Å². The average molecular weight is 373 g/mol. The quantitative estimate of drug-likeness (QED) is 0.581. The van der Waals surface area contributed by atoms with Gasteiger partial charge in [-0.25, -0.2) is 0 Å². The molecule has 2 heterocycles. The van der Waals surface area contributed by atoms with E-state index in [9.17, 15) is 4.79 Å². The Labute approximate surface area is 155 Å². The molecule has 0 spiro atoms. The minimum atomic E-state index is -0.0841. The number of ether oxygens (including phenoxy) is 2. The lowest BCUT2D eigenvalue weighted by atomic mass is 10.3. The van der Waals surface area contributed by atoms with Gasteiger partial charge in [0.15, 0.2) is 0 Å². The van der Waals surface area contributed by atoms with Crippen molar-refractivity contribution in [1.82, 2.24) is 15.5 Å². The van der Waals surface area contributed by atoms with Crippen molar-refractivity contribution in [3.05, 3.63) is 47.7 Å². The Kier molecular flexibility index (Phi) is 6.21. The number of benzene rings is 1. The molecule has 1 aromatic carbocycles. The first-order valence-corrected chi connectivity index (χ1v) is 9.02. The third-order valence-corrected chi connectivity index (χ3v) is 4.37. The zero-order chi connectivity index (χ0) is 18.2. The Hall–Kier alpha value is -2.87. The SMILES string of the molecule is COc1ccc(OCCNC(=O)CCc2nnc(-c3cccs3)o2)cc1. The fourth-order valence-electron chi connectivity index (χ4n) is 2.19. The summed E-state index contributed by atoms with van der Waals surface area (Å²) in [5.41, 5.74) is 0. The number of methoxy groups -OCH3 is 1. The molecule has 2 aromatic heterocycles. The van der Waals surface area contributed by atoms with Crippen LogP contribution in [-0.2, 0) is 11.2 Å². The minimum absolute atomic E-state index is 0.0841. The number of carbonyl (C=O) groups is 1. The fraction of sp³-hybridized carbons (Fsp3) is 0.278. The monoisotopic (exact) mass is 373 g/mol. The number of rotatable bonds is 9. The van der Waals surface area contributed by atoms with Crippen LogP contribution in [0.4, 0.5) is 0 Å². The summed E-state index contributed by atoms with van der Waals surface area (Å²) in [6, 6.07) is 11.1. The molecule has 1 N–H and O–H groups in total. The highest BCUT2D eigenvalue weighted by atomic mass is 32.1. The van der Waals surface area contributed by atoms with Gasteiger partial charge < -0.3 is 19.2 Å². The van der Waals surface area contributed by atoms with Crippen molar-refractivity contribution in [2.24, 2.45) is 0 Å². The van der Waals surface area contributed by atoms with Crippen LogP contribution in [0.2, 0.25) is 0 Å². The van der Waals surface area contributed by atoms with Crippen LogP contribution < -0.4 is 14.8 Å². The lowest BCUT2D eigenvalue weighted by Crippen LogP contribution is -2.28. The number of carbonyl (C=O) groups excluding carboxylic acids is 1. The molecular formula is C18H19N3O4S. The zero-order valence-electron chi connectivity index (χ0n) is 14.3. The van der Waals surface area contributed by atoms with E-state index in [2.05, 4.69) is 15.5 Å². The number of thiophene rings is 1. The van der Waals surface area contributed by atoms with E-state index in [0.717, 1.165) is 16.4 Å². The highest BCUT2D eigenvalue weighted by molar-refractivity contribution is 7.13. The standard InChI is InChI=1S/C18H19N3O4S/c1-23-13-4-6-14(7-5-13)24-11-10-19-16(22)8-9-17-20-21-18(25-17)15-3-2-12-26-15/h2-7,12H,8-11H2,1H3,(H,19,22). The predicted molar refractivity (Wildman–Crippen MR) is 97.4 cm³/mol. The highest BCUT2D eigenvalue weighted by Gasteiger charge is 2.11. The summed E-state index contributed by atoms with van der Waals surface area (Å²) in [4.78, 5) is 12.8. The molecule has 1 amide bonds. The lowest BCUT2D eigenvalue weighted by Gasteiger charge is -2.08. The number of nitrogens with zero attached hydrogens (tertiary/aromatic N) is 2. The number of hydrogen-bond acceptors (Lipinski definition) is 7. The van der Waals surface area contributed by atoms with Crippen molar-refractivity contribution in [1.29, 1.82) is 0 Å². The molecule has 7 nitrogen and oxygen atoms in total. The normalized spacial score (nSPS) is 10.5. The largest absolute Gasteiger partial charge is 0.497 e. The molecule has 136 valence electrons. The predicted octanol–water partition coefficient (Wildman–Crippen LogP) is 2.93. The second kappa shape index (κ2) is 9.00. The van der Waals surface area contributed by atoms with E-state index in [1.807, 2.05) is 41.8 Å². The molecule has 8 heteroatoms. The maximum atomic E-state index is 11.9. The van der Waals surface area contributed by atoms with Gasteiger partial charge in [-0.1, -0.05) is 6.07 Å². The first-order chi connectivity index (χ1) is 12.7. The van der Waals surface area contributed by atoms with Gasteiger partial charge in [-0.15, -0.1) is 21.5 Å². The molecule has 0 bridgehead atoms. The number of aryl methyl sites for hydroxylation is 1. The molecule has 0 atom stereocenters. The Balaban J connectivity index is 1.34. The smallest absolute Gasteiger partial charge is 0.257 e. The fourth-order valence-corrected chi connectivity index (χ4v) is 2.84. The van der Waals surface area contributed by atoms with Crippen molar-refractivity contribution in [3.8, 4) is 22.3 Å². The van der Waals surface area contributed by atoms with Gasteiger partial charge in [-0.3, -0.25) is 4.79 Å². The first kappa shape index (κ1) is 17.9. The van der Waals surface area contributed by atoms with Crippen LogP contribution in [-0.4, -0.2) is 36.4 Å². The van der Waals surface area contributed by atoms with Crippen molar-refractivity contribution in [2.75, 3.05) is 20.3 Å². The topological polar surface area (TPSA) is 86.5 Å². The summed E-state index contributed by atoms with van der Waals surface area (Å²) in [5.74, 6) is 2.36. The van der Waals surface area contributed by atoms with Crippen LogP contribution >= 0.6 is 11.3 Å². The van der Waals surface area contributed by atoms with Crippen molar-refractivity contribution in [3.63, 3.8) is 0 Å². The van der Waals surface area contributed by atoms with Crippen LogP contribution in [0.1, 0.15) is 12.3 Å². The third kappa shape index (κ3) is 5.06. The summed E-state index contributed by atoms with van der Waals surface area (Å²) >= 11 is 1.53. The molecule has 3 aromatic rings. The van der Waals surface area contributed by atoms with Crippen LogP contribution in [0.15, 0.2) is 46.2 Å². The Morgan fingerprint density at radius 3 is 2.73 bits per heavy atom. The van der Waals surface area contributed by atoms with Gasteiger partial charge >= 0.3 is 0 Å². The summed E-state index contributed by atoms with van der Waals surface area (Å²) < 4.78 is 16.2. The van der Waals surface area contributed by atoms with Gasteiger partial charge in [-0.05, 0) is 35.7 Å². The summed E-state index contributed by atoms with van der Waals surface area (Å²) in [7, 11) is 1.61. The summed E-state index contributed by atoms with van der Waals surface area (Å²) in [5, 5.41) is 12.7. The molecular weight excluding hydrogens is 354 g/mol. The van der Waals surface area contributed by atoms with E-state index in [0.29, 0.717) is 31.4 Å². The molecule has 0 saturated heterocycles. The van der Waals surface area contributed by atoms with Gasteiger partial charge in [-0.2, -0.15) is 0 Å². The van der Waals surface area contributed by atoms with E-state index in [1.165, 1.54) is 11.3 Å². The molecule has 26 heavy (non-hydrogen) atoms. The minimum Gasteiger partial charge on any atom is -0.497 e. The van der Waals surface area contributed by atoms with Gasteiger partial charge in [0.25, 0.3) is 5.89 Å². The first-order valence-electron chi connectivity index (χ1n) is 8.14. The van der Waals surface area contributed by atoms with Gasteiger partial charge in [0.2, 0.25) is 11.8 Å². The number of amides is 1. The molecule has 0 aliphatic rings. The van der Waals surface area contributed by atoms with Crippen LogP contribution in [0.25, 0.3) is 10.8 Å². The van der Waals surface area contributed by atoms with E-state index >= 15 is 0 Å².